The first kappa shape index (κ1) is 21.6. The second kappa shape index (κ2) is 9.15. The molecule has 0 radical (unpaired) electrons. The number of unbranched alkanes of at least 4 members (excludes halogenated alkanes) is 1. The maximum Gasteiger partial charge on any atom is 0.129 e. The van der Waals surface area contributed by atoms with Gasteiger partial charge in [-0.05, 0) is 64.2 Å². The summed E-state index contributed by atoms with van der Waals surface area (Å²) in [5, 5.41) is 10.7. The van der Waals surface area contributed by atoms with E-state index < -0.39 is 0 Å². The number of benzene rings is 1. The highest BCUT2D eigenvalue weighted by molar-refractivity contribution is 5.52. The molecule has 0 saturated heterocycles. The average molecular weight is 401 g/mol. The quantitative estimate of drug-likeness (QED) is 0.339. The van der Waals surface area contributed by atoms with E-state index in [2.05, 4.69) is 39.8 Å². The molecule has 1 aromatic rings. The van der Waals surface area contributed by atoms with Crippen molar-refractivity contribution in [3.63, 3.8) is 0 Å². The van der Waals surface area contributed by atoms with Crippen LogP contribution >= 0.6 is 0 Å². The van der Waals surface area contributed by atoms with Crippen LogP contribution in [0.25, 0.3) is 0 Å². The van der Waals surface area contributed by atoms with Gasteiger partial charge in [0.2, 0.25) is 0 Å². The summed E-state index contributed by atoms with van der Waals surface area (Å²) in [4.78, 5) is 0. The largest absolute Gasteiger partial charge is 0.512 e. The first-order valence-electron chi connectivity index (χ1n) is 11.0. The summed E-state index contributed by atoms with van der Waals surface area (Å²) in [6.07, 6.45) is 8.64. The Bertz CT molecular complexity index is 775. The van der Waals surface area contributed by atoms with Crippen LogP contribution in [0.4, 0.5) is 0 Å². The monoisotopic (exact) mass is 400 g/mol. The van der Waals surface area contributed by atoms with Crippen molar-refractivity contribution in [1.82, 2.24) is 0 Å². The highest BCUT2D eigenvalue weighted by atomic mass is 16.5. The smallest absolute Gasteiger partial charge is 0.129 e. The maximum absolute atomic E-state index is 10.7. The molecule has 29 heavy (non-hydrogen) atoms. The molecule has 0 aliphatic carbocycles. The molecule has 1 N–H and O–H groups in total. The summed E-state index contributed by atoms with van der Waals surface area (Å²) in [6.45, 7) is 11.7. The molecule has 0 saturated carbocycles. The van der Waals surface area contributed by atoms with E-state index in [1.807, 2.05) is 13.0 Å². The average Bonchev–Trinajstić information content (AvgIpc) is 2.71. The number of hydrogen-bond acceptors (Lipinski definition) is 4. The van der Waals surface area contributed by atoms with Crippen LogP contribution in [0.2, 0.25) is 0 Å². The van der Waals surface area contributed by atoms with E-state index in [4.69, 9.17) is 14.2 Å². The predicted octanol–water partition coefficient (Wildman–Crippen LogP) is 6.14. The Labute approximate surface area is 175 Å². The van der Waals surface area contributed by atoms with Gasteiger partial charge in [0.1, 0.15) is 22.9 Å². The zero-order valence-electron chi connectivity index (χ0n) is 18.6. The lowest BCUT2D eigenvalue weighted by Gasteiger charge is -2.36. The van der Waals surface area contributed by atoms with Crippen LogP contribution in [0.3, 0.4) is 0 Å². The lowest BCUT2D eigenvalue weighted by molar-refractivity contribution is 0.0814. The van der Waals surface area contributed by atoms with E-state index in [-0.39, 0.29) is 17.4 Å². The van der Waals surface area contributed by atoms with Gasteiger partial charge < -0.3 is 19.3 Å². The van der Waals surface area contributed by atoms with Crippen LogP contribution < -0.4 is 9.47 Å². The number of ether oxygens (including phenoxy) is 3. The fourth-order valence-corrected chi connectivity index (χ4v) is 4.02. The highest BCUT2D eigenvalue weighted by Crippen LogP contribution is 2.43. The van der Waals surface area contributed by atoms with Gasteiger partial charge in [-0.15, -0.1) is 0 Å². The normalized spacial score (nSPS) is 22.0. The van der Waals surface area contributed by atoms with Gasteiger partial charge in [-0.3, -0.25) is 0 Å². The zero-order valence-corrected chi connectivity index (χ0v) is 18.6. The number of fused-ring (bicyclic) bond motifs is 3. The lowest BCUT2D eigenvalue weighted by atomic mass is 9.83. The second-order valence-electron chi connectivity index (χ2n) is 8.92. The van der Waals surface area contributed by atoms with Gasteiger partial charge in [0, 0.05) is 23.5 Å². The molecular weight excluding hydrogens is 364 g/mol. The number of rotatable bonds is 7. The van der Waals surface area contributed by atoms with E-state index in [0.717, 1.165) is 49.4 Å². The number of aliphatic hydroxyl groups excluding tert-OH is 1. The molecule has 2 atom stereocenters. The molecule has 1 unspecified atom stereocenters. The molecule has 3 rings (SSSR count). The van der Waals surface area contributed by atoms with Crippen molar-refractivity contribution in [3.8, 4) is 11.5 Å². The standard InChI is InChI=1S/C25H36O4/c1-6-8-13-27-20(7-2)15-22(26)17(3)19-14-18-9-10-23-21(24(18)28-16-19)11-12-25(4,5)29-23/h7,9-10,15,17,19,26H,6,8,11-14,16H2,1-5H3/b20-7+,22-15+/t17-,19?/m1/s1. The van der Waals surface area contributed by atoms with Gasteiger partial charge >= 0.3 is 0 Å². The first-order valence-corrected chi connectivity index (χ1v) is 11.0. The minimum atomic E-state index is -0.118. The van der Waals surface area contributed by atoms with Crippen molar-refractivity contribution in [2.75, 3.05) is 13.2 Å². The number of aliphatic hydroxyl groups is 1. The van der Waals surface area contributed by atoms with Crippen molar-refractivity contribution >= 4 is 0 Å². The van der Waals surface area contributed by atoms with E-state index >= 15 is 0 Å². The number of allylic oxidation sites excluding steroid dienone is 3. The van der Waals surface area contributed by atoms with Gasteiger partial charge in [0.05, 0.1) is 19.0 Å². The molecule has 160 valence electrons. The SMILES string of the molecule is C/C=C(\C=C(\O)[C@H](C)C1COc2c(ccc3c2CCC(C)(C)O3)C1)OCCCC. The summed E-state index contributed by atoms with van der Waals surface area (Å²) < 4.78 is 18.1. The van der Waals surface area contributed by atoms with Crippen LogP contribution in [0.15, 0.2) is 35.8 Å². The Morgan fingerprint density at radius 3 is 2.90 bits per heavy atom. The van der Waals surface area contributed by atoms with E-state index in [9.17, 15) is 5.11 Å². The van der Waals surface area contributed by atoms with Crippen LogP contribution in [0.1, 0.15) is 65.0 Å². The third kappa shape index (κ3) is 5.09. The maximum atomic E-state index is 10.7. The third-order valence-electron chi connectivity index (χ3n) is 6.10. The van der Waals surface area contributed by atoms with E-state index in [0.29, 0.717) is 19.0 Å². The summed E-state index contributed by atoms with van der Waals surface area (Å²) in [5.41, 5.74) is 2.30. The third-order valence-corrected chi connectivity index (χ3v) is 6.10. The molecule has 2 aliphatic heterocycles. The zero-order chi connectivity index (χ0) is 21.0. The Balaban J connectivity index is 1.70. The Morgan fingerprint density at radius 1 is 1.38 bits per heavy atom. The molecule has 2 heterocycles. The molecule has 0 amide bonds. The summed E-state index contributed by atoms with van der Waals surface area (Å²) >= 11 is 0. The molecule has 0 spiro atoms. The lowest BCUT2D eigenvalue weighted by Crippen LogP contribution is -2.34. The van der Waals surface area contributed by atoms with Crippen LogP contribution in [-0.2, 0) is 17.6 Å². The Kier molecular flexibility index (Phi) is 6.81. The van der Waals surface area contributed by atoms with Crippen LogP contribution in [0, 0.1) is 11.8 Å². The van der Waals surface area contributed by atoms with Crippen molar-refractivity contribution in [2.24, 2.45) is 11.8 Å². The van der Waals surface area contributed by atoms with Crippen LogP contribution in [-0.4, -0.2) is 23.9 Å². The molecule has 0 fully saturated rings. The van der Waals surface area contributed by atoms with Crippen molar-refractivity contribution in [3.05, 3.63) is 46.9 Å². The second-order valence-corrected chi connectivity index (χ2v) is 8.92. The number of hydrogen-bond donors (Lipinski definition) is 1. The van der Waals surface area contributed by atoms with Crippen molar-refractivity contribution < 1.29 is 19.3 Å². The fraction of sp³-hybridized carbons (Fsp3) is 0.600. The molecule has 2 aliphatic rings. The highest BCUT2D eigenvalue weighted by Gasteiger charge is 2.33. The van der Waals surface area contributed by atoms with Crippen molar-refractivity contribution in [2.45, 2.75) is 72.3 Å². The topological polar surface area (TPSA) is 47.9 Å². The van der Waals surface area contributed by atoms with Gasteiger partial charge in [0.25, 0.3) is 0 Å². The molecule has 1 aromatic carbocycles. The Hall–Kier alpha value is -2.10. The van der Waals surface area contributed by atoms with Gasteiger partial charge in [-0.1, -0.05) is 26.3 Å². The van der Waals surface area contributed by atoms with Crippen LogP contribution in [0.5, 0.6) is 11.5 Å². The minimum absolute atomic E-state index is 0.000842. The summed E-state index contributed by atoms with van der Waals surface area (Å²) in [7, 11) is 0. The molecule has 0 aromatic heterocycles. The van der Waals surface area contributed by atoms with E-state index in [1.54, 1.807) is 6.08 Å². The summed E-state index contributed by atoms with van der Waals surface area (Å²) in [6, 6.07) is 4.21. The molecule has 0 bridgehead atoms. The van der Waals surface area contributed by atoms with Gasteiger partial charge in [-0.2, -0.15) is 0 Å². The van der Waals surface area contributed by atoms with Gasteiger partial charge in [0.15, 0.2) is 0 Å². The summed E-state index contributed by atoms with van der Waals surface area (Å²) in [5.74, 6) is 3.27. The molecule has 4 nitrogen and oxygen atoms in total. The molecular formula is C25H36O4. The predicted molar refractivity (Wildman–Crippen MR) is 117 cm³/mol. The van der Waals surface area contributed by atoms with Gasteiger partial charge in [-0.25, -0.2) is 0 Å². The Morgan fingerprint density at radius 2 is 2.17 bits per heavy atom. The minimum Gasteiger partial charge on any atom is -0.512 e. The fourth-order valence-electron chi connectivity index (χ4n) is 4.02. The first-order chi connectivity index (χ1) is 13.8. The van der Waals surface area contributed by atoms with Crippen molar-refractivity contribution in [1.29, 1.82) is 0 Å². The van der Waals surface area contributed by atoms with E-state index in [1.165, 1.54) is 11.1 Å². The molecule has 4 heteroatoms.